The summed E-state index contributed by atoms with van der Waals surface area (Å²) in [6.07, 6.45) is 6.11. The van der Waals surface area contributed by atoms with E-state index in [1.165, 1.54) is 0 Å². The maximum atomic E-state index is 12.6. The first kappa shape index (κ1) is 15.4. The molecule has 2 aromatic rings. The second kappa shape index (κ2) is 6.73. The van der Waals surface area contributed by atoms with Crippen molar-refractivity contribution in [3.8, 4) is 0 Å². The van der Waals surface area contributed by atoms with Gasteiger partial charge < -0.3 is 9.80 Å². The maximum absolute atomic E-state index is 12.6. The van der Waals surface area contributed by atoms with E-state index in [9.17, 15) is 4.79 Å². The fourth-order valence-corrected chi connectivity index (χ4v) is 2.82. The molecule has 2 aromatic heterocycles. The lowest BCUT2D eigenvalue weighted by Gasteiger charge is -2.23. The van der Waals surface area contributed by atoms with Crippen LogP contribution in [-0.2, 0) is 0 Å². The molecular weight excluding hydrogens is 290 g/mol. The van der Waals surface area contributed by atoms with E-state index in [1.807, 2.05) is 30.9 Å². The van der Waals surface area contributed by atoms with Gasteiger partial charge >= 0.3 is 0 Å². The zero-order valence-corrected chi connectivity index (χ0v) is 13.6. The molecule has 0 saturated carbocycles. The van der Waals surface area contributed by atoms with Crippen LogP contribution in [0.2, 0.25) is 0 Å². The molecule has 1 aliphatic rings. The average molecular weight is 311 g/mol. The Labute approximate surface area is 136 Å². The van der Waals surface area contributed by atoms with Crippen molar-refractivity contribution in [2.45, 2.75) is 20.3 Å². The number of nitrogens with zero attached hydrogens (tertiary/aromatic N) is 5. The highest BCUT2D eigenvalue weighted by atomic mass is 16.2. The van der Waals surface area contributed by atoms with Gasteiger partial charge in [-0.3, -0.25) is 9.78 Å². The first-order valence-electron chi connectivity index (χ1n) is 7.89. The summed E-state index contributed by atoms with van der Waals surface area (Å²) in [5, 5.41) is 0. The minimum Gasteiger partial charge on any atom is -0.355 e. The van der Waals surface area contributed by atoms with Gasteiger partial charge in [-0.1, -0.05) is 0 Å². The quantitative estimate of drug-likeness (QED) is 0.847. The lowest BCUT2D eigenvalue weighted by atomic mass is 10.2. The van der Waals surface area contributed by atoms with Crippen LogP contribution >= 0.6 is 0 Å². The lowest BCUT2D eigenvalue weighted by molar-refractivity contribution is 0.0766. The molecule has 1 saturated heterocycles. The van der Waals surface area contributed by atoms with Crippen molar-refractivity contribution in [3.05, 3.63) is 47.7 Å². The van der Waals surface area contributed by atoms with E-state index >= 15 is 0 Å². The van der Waals surface area contributed by atoms with Crippen molar-refractivity contribution in [2.75, 3.05) is 31.1 Å². The molecule has 0 spiro atoms. The molecule has 0 atom stereocenters. The Bertz CT molecular complexity index is 703. The number of pyridine rings is 1. The third-order valence-corrected chi connectivity index (χ3v) is 3.99. The molecule has 0 unspecified atom stereocenters. The first-order valence-corrected chi connectivity index (χ1v) is 7.89. The molecule has 23 heavy (non-hydrogen) atoms. The fraction of sp³-hybridized carbons (Fsp3) is 0.412. The van der Waals surface area contributed by atoms with Gasteiger partial charge in [0.2, 0.25) is 0 Å². The van der Waals surface area contributed by atoms with Gasteiger partial charge in [0.15, 0.2) is 0 Å². The first-order chi connectivity index (χ1) is 11.1. The van der Waals surface area contributed by atoms with E-state index in [0.29, 0.717) is 12.1 Å². The van der Waals surface area contributed by atoms with Crippen molar-refractivity contribution in [2.24, 2.45) is 0 Å². The van der Waals surface area contributed by atoms with Crippen LogP contribution in [0.5, 0.6) is 0 Å². The van der Waals surface area contributed by atoms with Crippen LogP contribution in [0.1, 0.15) is 28.2 Å². The topological polar surface area (TPSA) is 62.2 Å². The Hall–Kier alpha value is -2.50. The molecule has 0 N–H and O–H groups in total. The Morgan fingerprint density at radius 3 is 2.78 bits per heavy atom. The number of carbonyl (C=O) groups excluding carboxylic acids is 1. The van der Waals surface area contributed by atoms with Crippen LogP contribution in [-0.4, -0.2) is 51.9 Å². The van der Waals surface area contributed by atoms with Gasteiger partial charge in [-0.15, -0.1) is 0 Å². The van der Waals surface area contributed by atoms with E-state index in [4.69, 9.17) is 0 Å². The minimum absolute atomic E-state index is 0.0573. The van der Waals surface area contributed by atoms with E-state index in [0.717, 1.165) is 43.3 Å². The van der Waals surface area contributed by atoms with Crippen molar-refractivity contribution in [1.29, 1.82) is 0 Å². The summed E-state index contributed by atoms with van der Waals surface area (Å²) in [5.74, 6) is 1.76. The third kappa shape index (κ3) is 3.64. The molecule has 1 amide bonds. The molecule has 0 aliphatic carbocycles. The number of amides is 1. The summed E-state index contributed by atoms with van der Waals surface area (Å²) in [4.78, 5) is 29.5. The van der Waals surface area contributed by atoms with Gasteiger partial charge in [0.1, 0.15) is 11.6 Å². The summed E-state index contributed by atoms with van der Waals surface area (Å²) in [6.45, 7) is 6.96. The number of anilines is 1. The third-order valence-electron chi connectivity index (χ3n) is 3.99. The van der Waals surface area contributed by atoms with Crippen LogP contribution in [0.3, 0.4) is 0 Å². The molecule has 1 aliphatic heterocycles. The highest BCUT2D eigenvalue weighted by Crippen LogP contribution is 2.15. The van der Waals surface area contributed by atoms with Crippen LogP contribution in [0, 0.1) is 13.8 Å². The molecule has 0 bridgehead atoms. The molecule has 3 rings (SSSR count). The SMILES string of the molecule is Cc1cncc(C(=O)N2CCCN(c3ccnc(C)n3)CC2)c1. The van der Waals surface area contributed by atoms with Crippen molar-refractivity contribution in [1.82, 2.24) is 19.9 Å². The molecule has 0 radical (unpaired) electrons. The van der Waals surface area contributed by atoms with Gasteiger partial charge in [0.25, 0.3) is 5.91 Å². The average Bonchev–Trinajstić information content (AvgIpc) is 2.80. The van der Waals surface area contributed by atoms with Gasteiger partial charge in [0, 0.05) is 44.8 Å². The fourth-order valence-electron chi connectivity index (χ4n) is 2.82. The van der Waals surface area contributed by atoms with Crippen molar-refractivity contribution < 1.29 is 4.79 Å². The number of aromatic nitrogens is 3. The minimum atomic E-state index is 0.0573. The number of rotatable bonds is 2. The van der Waals surface area contributed by atoms with Crippen LogP contribution in [0.25, 0.3) is 0 Å². The predicted octanol–water partition coefficient (Wildman–Crippen LogP) is 1.84. The van der Waals surface area contributed by atoms with E-state index in [2.05, 4.69) is 19.9 Å². The molecule has 1 fully saturated rings. The smallest absolute Gasteiger partial charge is 0.255 e. The summed E-state index contributed by atoms with van der Waals surface area (Å²) in [5.41, 5.74) is 1.67. The van der Waals surface area contributed by atoms with Crippen LogP contribution < -0.4 is 4.90 Å². The van der Waals surface area contributed by atoms with Gasteiger partial charge in [0.05, 0.1) is 5.56 Å². The Morgan fingerprint density at radius 2 is 2.00 bits per heavy atom. The molecule has 3 heterocycles. The summed E-state index contributed by atoms with van der Waals surface area (Å²) in [6, 6.07) is 3.82. The second-order valence-corrected chi connectivity index (χ2v) is 5.85. The van der Waals surface area contributed by atoms with E-state index in [-0.39, 0.29) is 5.91 Å². The van der Waals surface area contributed by atoms with Crippen LogP contribution in [0.4, 0.5) is 5.82 Å². The van der Waals surface area contributed by atoms with E-state index < -0.39 is 0 Å². The van der Waals surface area contributed by atoms with Gasteiger partial charge in [-0.05, 0) is 38.0 Å². The van der Waals surface area contributed by atoms with E-state index in [1.54, 1.807) is 18.6 Å². The second-order valence-electron chi connectivity index (χ2n) is 5.85. The normalized spacial score (nSPS) is 15.4. The van der Waals surface area contributed by atoms with Gasteiger partial charge in [-0.25, -0.2) is 9.97 Å². The molecule has 120 valence electrons. The molecule has 6 heteroatoms. The molecule has 6 nitrogen and oxygen atoms in total. The maximum Gasteiger partial charge on any atom is 0.255 e. The lowest BCUT2D eigenvalue weighted by Crippen LogP contribution is -2.35. The predicted molar refractivity (Wildman–Crippen MR) is 88.5 cm³/mol. The largest absolute Gasteiger partial charge is 0.355 e. The zero-order valence-electron chi connectivity index (χ0n) is 13.6. The standard InChI is InChI=1S/C17H21N5O/c1-13-10-15(12-18-11-13)17(23)22-7-3-6-21(8-9-22)16-4-5-19-14(2)20-16/h4-5,10-12H,3,6-9H2,1-2H3. The number of hydrogen-bond donors (Lipinski definition) is 0. The highest BCUT2D eigenvalue weighted by Gasteiger charge is 2.21. The number of hydrogen-bond acceptors (Lipinski definition) is 5. The zero-order chi connectivity index (χ0) is 16.2. The molecular formula is C17H21N5O. The summed E-state index contributed by atoms with van der Waals surface area (Å²) < 4.78 is 0. The Balaban J connectivity index is 1.70. The van der Waals surface area contributed by atoms with Gasteiger partial charge in [-0.2, -0.15) is 0 Å². The summed E-state index contributed by atoms with van der Waals surface area (Å²) in [7, 11) is 0. The van der Waals surface area contributed by atoms with Crippen molar-refractivity contribution in [3.63, 3.8) is 0 Å². The number of carbonyl (C=O) groups is 1. The number of aryl methyl sites for hydroxylation is 2. The van der Waals surface area contributed by atoms with Crippen molar-refractivity contribution >= 4 is 11.7 Å². The Kier molecular flexibility index (Phi) is 4.50. The highest BCUT2D eigenvalue weighted by molar-refractivity contribution is 5.94. The Morgan fingerprint density at radius 1 is 1.13 bits per heavy atom. The van der Waals surface area contributed by atoms with Crippen LogP contribution in [0.15, 0.2) is 30.7 Å². The summed E-state index contributed by atoms with van der Waals surface area (Å²) >= 11 is 0. The molecule has 0 aromatic carbocycles. The monoisotopic (exact) mass is 311 g/mol.